The van der Waals surface area contributed by atoms with Crippen LogP contribution in [0.5, 0.6) is 5.75 Å². The Morgan fingerprint density at radius 3 is 2.72 bits per heavy atom. The summed E-state index contributed by atoms with van der Waals surface area (Å²) in [4.78, 5) is 27.3. The van der Waals surface area contributed by atoms with Gasteiger partial charge in [0.1, 0.15) is 10.8 Å². The van der Waals surface area contributed by atoms with Crippen LogP contribution < -0.4 is 15.8 Å². The summed E-state index contributed by atoms with van der Waals surface area (Å²) in [5.41, 5.74) is 8.07. The first kappa shape index (κ1) is 17.4. The van der Waals surface area contributed by atoms with Crippen molar-refractivity contribution in [1.82, 2.24) is 4.90 Å². The van der Waals surface area contributed by atoms with E-state index in [2.05, 4.69) is 10.2 Å². The zero-order chi connectivity index (χ0) is 18.0. The van der Waals surface area contributed by atoms with E-state index in [1.54, 1.807) is 0 Å². The van der Waals surface area contributed by atoms with Crippen molar-refractivity contribution in [3.05, 3.63) is 45.8 Å². The molecular weight excluding hydrogens is 338 g/mol. The van der Waals surface area contributed by atoms with E-state index < -0.39 is 5.91 Å². The van der Waals surface area contributed by atoms with Gasteiger partial charge in [0.05, 0.1) is 5.56 Å². The number of thiophene rings is 1. The maximum Gasteiger partial charge on any atom is 0.262 e. The quantitative estimate of drug-likeness (QED) is 0.857. The molecule has 2 heterocycles. The predicted octanol–water partition coefficient (Wildman–Crippen LogP) is 2.16. The Kier molecular flexibility index (Phi) is 5.06. The molecule has 25 heavy (non-hydrogen) atoms. The van der Waals surface area contributed by atoms with Crippen LogP contribution in [0.1, 0.15) is 26.4 Å². The Balaban J connectivity index is 1.70. The Labute approximate surface area is 150 Å². The summed E-state index contributed by atoms with van der Waals surface area (Å²) in [5, 5.41) is 3.30. The van der Waals surface area contributed by atoms with Crippen molar-refractivity contribution >= 4 is 28.2 Å². The van der Waals surface area contributed by atoms with Crippen LogP contribution >= 0.6 is 11.3 Å². The van der Waals surface area contributed by atoms with Crippen LogP contribution in [-0.2, 0) is 17.8 Å². The molecule has 0 bridgehead atoms. The number of hydrogen-bond acceptors (Lipinski definition) is 5. The molecule has 3 rings (SSSR count). The van der Waals surface area contributed by atoms with Crippen molar-refractivity contribution in [3.8, 4) is 5.75 Å². The van der Waals surface area contributed by atoms with E-state index in [4.69, 9.17) is 10.5 Å². The maximum absolute atomic E-state index is 12.2. The maximum atomic E-state index is 12.2. The standard InChI is InChI=1S/C18H21N3O3S/c1-11-3-5-12(6-4-11)24-10-15(22)20-18-16(17(19)23)13-7-8-21(2)9-14(13)25-18/h3-6H,7-10H2,1-2H3,(H2,19,23)(H,20,22). The van der Waals surface area contributed by atoms with Crippen molar-refractivity contribution < 1.29 is 14.3 Å². The van der Waals surface area contributed by atoms with Gasteiger partial charge in [-0.1, -0.05) is 17.7 Å². The molecule has 0 saturated heterocycles. The van der Waals surface area contributed by atoms with E-state index in [-0.39, 0.29) is 12.5 Å². The van der Waals surface area contributed by atoms with Gasteiger partial charge >= 0.3 is 0 Å². The van der Waals surface area contributed by atoms with Gasteiger partial charge in [-0.15, -0.1) is 11.3 Å². The highest BCUT2D eigenvalue weighted by molar-refractivity contribution is 7.17. The normalized spacial score (nSPS) is 14.0. The van der Waals surface area contributed by atoms with Crippen LogP contribution in [0.25, 0.3) is 0 Å². The van der Waals surface area contributed by atoms with E-state index in [0.717, 1.165) is 35.5 Å². The van der Waals surface area contributed by atoms with E-state index >= 15 is 0 Å². The summed E-state index contributed by atoms with van der Waals surface area (Å²) in [7, 11) is 2.03. The molecule has 1 aliphatic heterocycles. The minimum atomic E-state index is -0.503. The summed E-state index contributed by atoms with van der Waals surface area (Å²) >= 11 is 1.42. The smallest absolute Gasteiger partial charge is 0.262 e. The average Bonchev–Trinajstić information content (AvgIpc) is 2.91. The summed E-state index contributed by atoms with van der Waals surface area (Å²) in [6.07, 6.45) is 0.760. The molecule has 0 aliphatic carbocycles. The van der Waals surface area contributed by atoms with Gasteiger partial charge in [0, 0.05) is 18.0 Å². The van der Waals surface area contributed by atoms with Crippen molar-refractivity contribution in [2.45, 2.75) is 19.9 Å². The number of carbonyl (C=O) groups is 2. The van der Waals surface area contributed by atoms with E-state index in [0.29, 0.717) is 16.3 Å². The molecule has 132 valence electrons. The van der Waals surface area contributed by atoms with Gasteiger partial charge in [-0.25, -0.2) is 0 Å². The fourth-order valence-electron chi connectivity index (χ4n) is 2.83. The number of nitrogens with two attached hydrogens (primary N) is 1. The first-order chi connectivity index (χ1) is 11.9. The minimum absolute atomic E-state index is 0.121. The average molecular weight is 359 g/mol. The topological polar surface area (TPSA) is 84.7 Å². The van der Waals surface area contributed by atoms with Crippen LogP contribution in [0.2, 0.25) is 0 Å². The monoisotopic (exact) mass is 359 g/mol. The number of ether oxygens (including phenoxy) is 1. The highest BCUT2D eigenvalue weighted by atomic mass is 32.1. The number of carbonyl (C=O) groups excluding carboxylic acids is 2. The molecule has 0 spiro atoms. The molecule has 2 amide bonds. The van der Waals surface area contributed by atoms with Gasteiger partial charge in [0.2, 0.25) is 0 Å². The number of anilines is 1. The van der Waals surface area contributed by atoms with Gasteiger partial charge in [0.25, 0.3) is 11.8 Å². The van der Waals surface area contributed by atoms with Gasteiger partial charge in [-0.2, -0.15) is 0 Å². The molecule has 7 heteroatoms. The van der Waals surface area contributed by atoms with E-state index in [1.807, 2.05) is 38.2 Å². The summed E-state index contributed by atoms with van der Waals surface area (Å²) in [6.45, 7) is 3.49. The Morgan fingerprint density at radius 1 is 1.32 bits per heavy atom. The largest absolute Gasteiger partial charge is 0.484 e. The fourth-order valence-corrected chi connectivity index (χ4v) is 4.18. The third-order valence-electron chi connectivity index (χ3n) is 4.14. The second-order valence-electron chi connectivity index (χ2n) is 6.21. The highest BCUT2D eigenvalue weighted by Crippen LogP contribution is 2.36. The molecule has 0 unspecified atom stereocenters. The summed E-state index contributed by atoms with van der Waals surface area (Å²) < 4.78 is 5.48. The summed E-state index contributed by atoms with van der Waals surface area (Å²) in [5.74, 6) is -0.185. The molecule has 1 aliphatic rings. The lowest BCUT2D eigenvalue weighted by Crippen LogP contribution is -2.27. The van der Waals surface area contributed by atoms with Crippen LogP contribution in [0.4, 0.5) is 5.00 Å². The summed E-state index contributed by atoms with van der Waals surface area (Å²) in [6, 6.07) is 7.47. The Morgan fingerprint density at radius 2 is 2.04 bits per heavy atom. The second kappa shape index (κ2) is 7.25. The number of hydrogen-bond donors (Lipinski definition) is 2. The molecule has 1 aromatic heterocycles. The second-order valence-corrected chi connectivity index (χ2v) is 7.32. The number of nitrogens with zero attached hydrogens (tertiary/aromatic N) is 1. The number of amides is 2. The van der Waals surface area contributed by atoms with Gasteiger partial charge in [0.15, 0.2) is 6.61 Å². The highest BCUT2D eigenvalue weighted by Gasteiger charge is 2.26. The van der Waals surface area contributed by atoms with E-state index in [9.17, 15) is 9.59 Å². The van der Waals surface area contributed by atoms with Crippen molar-refractivity contribution in [1.29, 1.82) is 0 Å². The molecule has 3 N–H and O–H groups in total. The lowest BCUT2D eigenvalue weighted by Gasteiger charge is -2.22. The van der Waals surface area contributed by atoms with Crippen LogP contribution in [0.3, 0.4) is 0 Å². The molecule has 1 aromatic carbocycles. The number of benzene rings is 1. The molecule has 2 aromatic rings. The molecule has 0 fully saturated rings. The van der Waals surface area contributed by atoms with Gasteiger partial charge < -0.3 is 20.7 Å². The van der Waals surface area contributed by atoms with Gasteiger partial charge in [-0.05, 0) is 38.1 Å². The fraction of sp³-hybridized carbons (Fsp3) is 0.333. The Hall–Kier alpha value is -2.38. The molecule has 0 saturated carbocycles. The van der Waals surface area contributed by atoms with Crippen LogP contribution in [0, 0.1) is 6.92 Å². The number of nitrogens with one attached hydrogen (secondary N) is 1. The molecule has 0 radical (unpaired) electrons. The number of likely N-dealkylation sites (N-methyl/N-ethyl adjacent to an activating group) is 1. The third kappa shape index (κ3) is 4.00. The molecule has 0 atom stereocenters. The van der Waals surface area contributed by atoms with Crippen molar-refractivity contribution in [2.24, 2.45) is 5.73 Å². The first-order valence-electron chi connectivity index (χ1n) is 8.06. The number of fused-ring (bicyclic) bond motifs is 1. The zero-order valence-electron chi connectivity index (χ0n) is 14.3. The number of primary amides is 1. The third-order valence-corrected chi connectivity index (χ3v) is 5.27. The lowest BCUT2D eigenvalue weighted by molar-refractivity contribution is -0.118. The number of aryl methyl sites for hydroxylation is 1. The van der Waals surface area contributed by atoms with E-state index in [1.165, 1.54) is 11.3 Å². The predicted molar refractivity (Wildman–Crippen MR) is 98.2 cm³/mol. The first-order valence-corrected chi connectivity index (χ1v) is 8.88. The molecule has 6 nitrogen and oxygen atoms in total. The van der Waals surface area contributed by atoms with Crippen LogP contribution in [-0.4, -0.2) is 36.9 Å². The number of rotatable bonds is 5. The Bertz CT molecular complexity index is 799. The van der Waals surface area contributed by atoms with Crippen molar-refractivity contribution in [3.63, 3.8) is 0 Å². The van der Waals surface area contributed by atoms with Crippen molar-refractivity contribution in [2.75, 3.05) is 25.5 Å². The zero-order valence-corrected chi connectivity index (χ0v) is 15.1. The van der Waals surface area contributed by atoms with Gasteiger partial charge in [-0.3, -0.25) is 9.59 Å². The van der Waals surface area contributed by atoms with Crippen LogP contribution in [0.15, 0.2) is 24.3 Å². The SMILES string of the molecule is Cc1ccc(OCC(=O)Nc2sc3c(c2C(N)=O)CCN(C)C3)cc1. The minimum Gasteiger partial charge on any atom is -0.484 e. The molecular formula is C18H21N3O3S. The lowest BCUT2D eigenvalue weighted by atomic mass is 10.0.